The summed E-state index contributed by atoms with van der Waals surface area (Å²) in [6.07, 6.45) is 0. The number of rotatable bonds is 4. The highest BCUT2D eigenvalue weighted by atomic mass is 19.1. The molecule has 0 atom stereocenters. The third kappa shape index (κ3) is 4.54. The van der Waals surface area contributed by atoms with Crippen molar-refractivity contribution in [3.8, 4) is 5.75 Å². The molecule has 0 bridgehead atoms. The van der Waals surface area contributed by atoms with Crippen LogP contribution in [0.5, 0.6) is 5.75 Å². The van der Waals surface area contributed by atoms with Gasteiger partial charge in [-0.25, -0.2) is 8.78 Å². The van der Waals surface area contributed by atoms with E-state index < -0.39 is 17.5 Å². The van der Waals surface area contributed by atoms with E-state index in [1.54, 1.807) is 0 Å². The van der Waals surface area contributed by atoms with Gasteiger partial charge in [-0.05, 0) is 41.7 Å². The molecule has 0 heterocycles. The maximum atomic E-state index is 13.5. The van der Waals surface area contributed by atoms with Gasteiger partial charge in [0.1, 0.15) is 17.4 Å². The number of amides is 1. The van der Waals surface area contributed by atoms with Crippen LogP contribution in [0.4, 0.5) is 14.5 Å². The van der Waals surface area contributed by atoms with Crippen molar-refractivity contribution >= 4 is 11.6 Å². The number of aryl methyl sites for hydroxylation is 1. The molecule has 3 nitrogen and oxygen atoms in total. The Labute approximate surface area is 140 Å². The maximum absolute atomic E-state index is 13.5. The van der Waals surface area contributed by atoms with Crippen molar-refractivity contribution in [2.45, 2.75) is 33.1 Å². The van der Waals surface area contributed by atoms with Gasteiger partial charge in [-0.15, -0.1) is 0 Å². The van der Waals surface area contributed by atoms with E-state index in [1.165, 1.54) is 5.56 Å². The molecule has 1 amide bonds. The maximum Gasteiger partial charge on any atom is 0.262 e. The van der Waals surface area contributed by atoms with Crippen molar-refractivity contribution in [1.29, 1.82) is 0 Å². The van der Waals surface area contributed by atoms with Crippen LogP contribution in [0.15, 0.2) is 36.4 Å². The number of hydrogen-bond donors (Lipinski definition) is 1. The zero-order valence-corrected chi connectivity index (χ0v) is 14.2. The van der Waals surface area contributed by atoms with E-state index in [4.69, 9.17) is 4.74 Å². The van der Waals surface area contributed by atoms with Gasteiger partial charge in [0.05, 0.1) is 5.69 Å². The van der Waals surface area contributed by atoms with Gasteiger partial charge < -0.3 is 10.1 Å². The lowest BCUT2D eigenvalue weighted by Crippen LogP contribution is -2.21. The number of anilines is 1. The standard InChI is InChI=1S/C19H21F2NO2/c1-12-9-13(19(2,3)4)5-8-17(12)24-11-18(23)22-16-10-14(20)6-7-15(16)21/h5-10H,11H2,1-4H3,(H,22,23). The summed E-state index contributed by atoms with van der Waals surface area (Å²) >= 11 is 0. The van der Waals surface area contributed by atoms with Gasteiger partial charge in [-0.3, -0.25) is 4.79 Å². The monoisotopic (exact) mass is 333 g/mol. The number of hydrogen-bond acceptors (Lipinski definition) is 2. The average molecular weight is 333 g/mol. The lowest BCUT2D eigenvalue weighted by atomic mass is 9.86. The molecule has 2 aromatic carbocycles. The van der Waals surface area contributed by atoms with Crippen LogP contribution in [0, 0.1) is 18.6 Å². The van der Waals surface area contributed by atoms with Crippen LogP contribution >= 0.6 is 0 Å². The minimum Gasteiger partial charge on any atom is -0.483 e. The molecule has 1 N–H and O–H groups in total. The van der Waals surface area contributed by atoms with E-state index in [9.17, 15) is 13.6 Å². The molecule has 0 fully saturated rings. The Morgan fingerprint density at radius 1 is 1.12 bits per heavy atom. The summed E-state index contributed by atoms with van der Waals surface area (Å²) in [6, 6.07) is 8.65. The molecule has 0 spiro atoms. The third-order valence-electron chi connectivity index (χ3n) is 3.60. The Balaban J connectivity index is 2.00. The molecule has 2 aromatic rings. The second kappa shape index (κ2) is 6.99. The van der Waals surface area contributed by atoms with Gasteiger partial charge in [0.2, 0.25) is 0 Å². The summed E-state index contributed by atoms with van der Waals surface area (Å²) in [6.45, 7) is 7.95. The van der Waals surface area contributed by atoms with Crippen LogP contribution in [-0.2, 0) is 10.2 Å². The number of ether oxygens (including phenoxy) is 1. The normalized spacial score (nSPS) is 11.2. The van der Waals surface area contributed by atoms with Crippen LogP contribution in [0.2, 0.25) is 0 Å². The molecule has 24 heavy (non-hydrogen) atoms. The molecule has 0 radical (unpaired) electrons. The molecule has 5 heteroatoms. The lowest BCUT2D eigenvalue weighted by Gasteiger charge is -2.20. The topological polar surface area (TPSA) is 38.3 Å². The second-order valence-electron chi connectivity index (χ2n) is 6.69. The Morgan fingerprint density at radius 3 is 2.46 bits per heavy atom. The van der Waals surface area contributed by atoms with E-state index >= 15 is 0 Å². The van der Waals surface area contributed by atoms with Gasteiger partial charge in [0.25, 0.3) is 5.91 Å². The van der Waals surface area contributed by atoms with Crippen LogP contribution in [0.25, 0.3) is 0 Å². The van der Waals surface area contributed by atoms with Crippen molar-refractivity contribution in [3.63, 3.8) is 0 Å². The summed E-state index contributed by atoms with van der Waals surface area (Å²) < 4.78 is 32.1. The highest BCUT2D eigenvalue weighted by Crippen LogP contribution is 2.27. The molecule has 0 aromatic heterocycles. The third-order valence-corrected chi connectivity index (χ3v) is 3.60. The highest BCUT2D eigenvalue weighted by Gasteiger charge is 2.15. The SMILES string of the molecule is Cc1cc(C(C)(C)C)ccc1OCC(=O)Nc1cc(F)ccc1F. The van der Waals surface area contributed by atoms with Gasteiger partial charge in [0.15, 0.2) is 6.61 Å². The van der Waals surface area contributed by atoms with Crippen molar-refractivity contribution in [1.82, 2.24) is 0 Å². The fourth-order valence-electron chi connectivity index (χ4n) is 2.20. The highest BCUT2D eigenvalue weighted by molar-refractivity contribution is 5.92. The summed E-state index contributed by atoms with van der Waals surface area (Å²) in [4.78, 5) is 11.9. The van der Waals surface area contributed by atoms with E-state index in [0.717, 1.165) is 23.8 Å². The fraction of sp³-hybridized carbons (Fsp3) is 0.316. The van der Waals surface area contributed by atoms with Crippen LogP contribution < -0.4 is 10.1 Å². The van der Waals surface area contributed by atoms with E-state index in [0.29, 0.717) is 5.75 Å². The lowest BCUT2D eigenvalue weighted by molar-refractivity contribution is -0.118. The summed E-state index contributed by atoms with van der Waals surface area (Å²) in [5.41, 5.74) is 1.89. The van der Waals surface area contributed by atoms with Crippen molar-refractivity contribution < 1.29 is 18.3 Å². The first kappa shape index (κ1) is 17.9. The van der Waals surface area contributed by atoms with Crippen molar-refractivity contribution in [2.24, 2.45) is 0 Å². The largest absolute Gasteiger partial charge is 0.483 e. The zero-order chi connectivity index (χ0) is 17.9. The number of halogens is 2. The van der Waals surface area contributed by atoms with Gasteiger partial charge >= 0.3 is 0 Å². The molecular weight excluding hydrogens is 312 g/mol. The first-order valence-corrected chi connectivity index (χ1v) is 7.65. The number of carbonyl (C=O) groups excluding carboxylic acids is 1. The Bertz CT molecular complexity index is 752. The summed E-state index contributed by atoms with van der Waals surface area (Å²) in [7, 11) is 0. The van der Waals surface area contributed by atoms with Crippen molar-refractivity contribution in [2.75, 3.05) is 11.9 Å². The molecule has 0 saturated heterocycles. The summed E-state index contributed by atoms with van der Waals surface area (Å²) in [5, 5.41) is 2.30. The first-order valence-electron chi connectivity index (χ1n) is 7.65. The van der Waals surface area contributed by atoms with Gasteiger partial charge in [-0.2, -0.15) is 0 Å². The quantitative estimate of drug-likeness (QED) is 0.889. The van der Waals surface area contributed by atoms with Crippen molar-refractivity contribution in [3.05, 3.63) is 59.2 Å². The Hall–Kier alpha value is -2.43. The zero-order valence-electron chi connectivity index (χ0n) is 14.2. The second-order valence-corrected chi connectivity index (χ2v) is 6.69. The molecule has 128 valence electrons. The minimum atomic E-state index is -0.699. The Morgan fingerprint density at radius 2 is 1.83 bits per heavy atom. The smallest absolute Gasteiger partial charge is 0.262 e. The number of carbonyl (C=O) groups is 1. The number of nitrogens with one attached hydrogen (secondary N) is 1. The predicted octanol–water partition coefficient (Wildman–Crippen LogP) is 4.59. The Kier molecular flexibility index (Phi) is 5.22. The van der Waals surface area contributed by atoms with Gasteiger partial charge in [-0.1, -0.05) is 32.9 Å². The fourth-order valence-corrected chi connectivity index (χ4v) is 2.20. The van der Waals surface area contributed by atoms with Crippen LogP contribution in [0.1, 0.15) is 31.9 Å². The molecule has 2 rings (SSSR count). The predicted molar refractivity (Wildman–Crippen MR) is 90.4 cm³/mol. The minimum absolute atomic E-state index is 0.0234. The van der Waals surface area contributed by atoms with E-state index in [1.807, 2.05) is 25.1 Å². The average Bonchev–Trinajstić information content (AvgIpc) is 2.48. The molecule has 0 unspecified atom stereocenters. The van der Waals surface area contributed by atoms with Crippen LogP contribution in [0.3, 0.4) is 0 Å². The molecular formula is C19H21F2NO2. The van der Waals surface area contributed by atoms with Gasteiger partial charge in [0, 0.05) is 6.07 Å². The molecule has 0 aliphatic carbocycles. The van der Waals surface area contributed by atoms with Crippen LogP contribution in [-0.4, -0.2) is 12.5 Å². The summed E-state index contributed by atoms with van der Waals surface area (Å²) in [5.74, 6) is -1.30. The van der Waals surface area contributed by atoms with E-state index in [-0.39, 0.29) is 17.7 Å². The molecule has 0 aliphatic rings. The molecule has 0 aliphatic heterocycles. The van der Waals surface area contributed by atoms with E-state index in [2.05, 4.69) is 26.1 Å². The number of benzene rings is 2. The molecule has 0 saturated carbocycles. The first-order chi connectivity index (χ1) is 11.2.